The Hall–Kier alpha value is -1.25. The Morgan fingerprint density at radius 2 is 1.40 bits per heavy atom. The molecule has 0 aliphatic carbocycles. The minimum Gasteiger partial charge on any atom is -0.298 e. The van der Waals surface area contributed by atoms with Crippen LogP contribution in [0.3, 0.4) is 0 Å². The minimum absolute atomic E-state index is 0.165. The molecule has 0 bridgehead atoms. The summed E-state index contributed by atoms with van der Waals surface area (Å²) >= 11 is 0. The van der Waals surface area contributed by atoms with Gasteiger partial charge in [0.2, 0.25) is 0 Å². The largest absolute Gasteiger partial charge is 0.298 e. The Kier molecular flexibility index (Phi) is 4.42. The van der Waals surface area contributed by atoms with Crippen LogP contribution in [-0.2, 0) is 16.6 Å². The molecule has 0 saturated carbocycles. The highest BCUT2D eigenvalue weighted by atomic mass is 16.1. The molecule has 0 fully saturated rings. The normalized spacial score (nSPS) is 13.4. The fourth-order valence-corrected chi connectivity index (χ4v) is 2.31. The molecule has 0 saturated heterocycles. The molecule has 0 aliphatic rings. The van der Waals surface area contributed by atoms with E-state index in [4.69, 9.17) is 0 Å². The van der Waals surface area contributed by atoms with Gasteiger partial charge in [0.05, 0.1) is 5.41 Å². The van der Waals surface area contributed by atoms with Crippen LogP contribution in [0.1, 0.15) is 66.8 Å². The Labute approximate surface area is 123 Å². The Bertz CT molecular complexity index is 473. The van der Waals surface area contributed by atoms with Crippen molar-refractivity contribution in [1.29, 1.82) is 0 Å². The highest BCUT2D eigenvalue weighted by molar-refractivity contribution is 5.93. The van der Waals surface area contributed by atoms with Gasteiger partial charge in [-0.05, 0) is 19.3 Å². The molecule has 1 rings (SSSR count). The van der Waals surface area contributed by atoms with E-state index in [9.17, 15) is 4.79 Å². The molecule has 0 aliphatic heterocycles. The molecule has 0 N–H and O–H groups in total. The lowest BCUT2D eigenvalue weighted by molar-refractivity contribution is -0.131. The van der Waals surface area contributed by atoms with Gasteiger partial charge in [-0.2, -0.15) is 0 Å². The molecule has 0 amide bonds. The maximum atomic E-state index is 12.5. The second-order valence-corrected chi connectivity index (χ2v) is 8.33. The van der Waals surface area contributed by atoms with Crippen molar-refractivity contribution in [2.24, 2.45) is 10.8 Å². The Balaban J connectivity index is 3.01. The van der Waals surface area contributed by atoms with Crippen molar-refractivity contribution < 1.29 is 4.79 Å². The molecule has 1 heterocycles. The van der Waals surface area contributed by atoms with Crippen molar-refractivity contribution in [1.82, 2.24) is 9.97 Å². The number of hydrogen-bond acceptors (Lipinski definition) is 3. The summed E-state index contributed by atoms with van der Waals surface area (Å²) in [6.45, 7) is 16.2. The second kappa shape index (κ2) is 5.27. The van der Waals surface area contributed by atoms with Crippen molar-refractivity contribution in [2.75, 3.05) is 0 Å². The zero-order valence-electron chi connectivity index (χ0n) is 14.2. The van der Waals surface area contributed by atoms with E-state index in [2.05, 4.69) is 30.7 Å². The first-order valence-electron chi connectivity index (χ1n) is 7.20. The Morgan fingerprint density at radius 3 is 1.75 bits per heavy atom. The number of hydrogen-bond donors (Lipinski definition) is 0. The number of nitrogens with zero attached hydrogens (tertiary/aromatic N) is 2. The van der Waals surface area contributed by atoms with Crippen LogP contribution >= 0.6 is 0 Å². The van der Waals surface area contributed by atoms with Gasteiger partial charge in [0.25, 0.3) is 0 Å². The van der Waals surface area contributed by atoms with E-state index in [1.807, 2.05) is 34.6 Å². The predicted octanol–water partition coefficient (Wildman–Crippen LogP) is 3.96. The molecule has 0 aromatic carbocycles. The number of aromatic nitrogens is 2. The first-order valence-corrected chi connectivity index (χ1v) is 7.20. The summed E-state index contributed by atoms with van der Waals surface area (Å²) in [5.74, 6) is 1.04. The van der Waals surface area contributed by atoms with Gasteiger partial charge in [0, 0.05) is 29.8 Å². The number of Topliss-reactive ketones (excluding diaryl/α,β-unsaturated/α-hetero) is 1. The van der Waals surface area contributed by atoms with Crippen molar-refractivity contribution in [3.05, 3.63) is 23.8 Å². The van der Waals surface area contributed by atoms with E-state index in [-0.39, 0.29) is 16.6 Å². The summed E-state index contributed by atoms with van der Waals surface area (Å²) in [6.07, 6.45) is 4.44. The van der Waals surface area contributed by atoms with Gasteiger partial charge in [-0.15, -0.1) is 0 Å². The smallest absolute Gasteiger partial charge is 0.148 e. The summed E-state index contributed by atoms with van der Waals surface area (Å²) in [7, 11) is 0. The van der Waals surface area contributed by atoms with Crippen LogP contribution in [0.15, 0.2) is 12.4 Å². The third-order valence-corrected chi connectivity index (χ3v) is 3.36. The maximum absolute atomic E-state index is 12.5. The molecule has 0 spiro atoms. The molecular formula is C17H28N2O. The van der Waals surface area contributed by atoms with Gasteiger partial charge in [-0.3, -0.25) is 4.79 Å². The van der Waals surface area contributed by atoms with Crippen LogP contribution in [0.5, 0.6) is 0 Å². The molecule has 3 heteroatoms. The van der Waals surface area contributed by atoms with Crippen LogP contribution in [0, 0.1) is 10.8 Å². The summed E-state index contributed by atoms with van der Waals surface area (Å²) in [5.41, 5.74) is 0.125. The van der Waals surface area contributed by atoms with E-state index in [0.717, 1.165) is 17.8 Å². The van der Waals surface area contributed by atoms with Crippen molar-refractivity contribution >= 4 is 5.78 Å². The van der Waals surface area contributed by atoms with E-state index in [1.54, 1.807) is 12.4 Å². The molecule has 3 nitrogen and oxygen atoms in total. The second-order valence-electron chi connectivity index (χ2n) is 8.33. The third kappa shape index (κ3) is 4.12. The lowest BCUT2D eigenvalue weighted by Gasteiger charge is -2.30. The number of carbonyl (C=O) groups is 1. The fourth-order valence-electron chi connectivity index (χ4n) is 2.31. The van der Waals surface area contributed by atoms with Crippen molar-refractivity contribution in [2.45, 2.75) is 67.2 Å². The highest BCUT2D eigenvalue weighted by Crippen LogP contribution is 2.32. The van der Waals surface area contributed by atoms with Gasteiger partial charge in [-0.1, -0.05) is 41.5 Å². The maximum Gasteiger partial charge on any atom is 0.148 e. The zero-order valence-corrected chi connectivity index (χ0v) is 14.2. The van der Waals surface area contributed by atoms with Crippen LogP contribution in [0.25, 0.3) is 0 Å². The van der Waals surface area contributed by atoms with E-state index in [1.165, 1.54) is 0 Å². The molecule has 1 aromatic rings. The highest BCUT2D eigenvalue weighted by Gasteiger charge is 2.37. The monoisotopic (exact) mass is 276 g/mol. The van der Waals surface area contributed by atoms with E-state index < -0.39 is 5.41 Å². The first-order chi connectivity index (χ1) is 8.84. The van der Waals surface area contributed by atoms with E-state index in [0.29, 0.717) is 0 Å². The molecule has 0 radical (unpaired) electrons. The van der Waals surface area contributed by atoms with Gasteiger partial charge in [0.1, 0.15) is 11.6 Å². The minimum atomic E-state index is -0.557. The van der Waals surface area contributed by atoms with Gasteiger partial charge >= 0.3 is 0 Å². The number of rotatable bonds is 3. The number of carbonyl (C=O) groups excluding carboxylic acids is 1. The summed E-state index contributed by atoms with van der Waals surface area (Å²) in [4.78, 5) is 21.4. The fraction of sp³-hybridized carbons (Fsp3) is 0.706. The zero-order chi connectivity index (χ0) is 15.8. The van der Waals surface area contributed by atoms with Crippen LogP contribution in [0.4, 0.5) is 0 Å². The first kappa shape index (κ1) is 16.8. The standard InChI is InChI=1S/C17H28N2O/c1-15(2,3)9-13-18-10-12(11-19-13)17(7,8)14(20)16(4,5)6/h10-11H,9H2,1-8H3. The summed E-state index contributed by atoms with van der Waals surface area (Å²) in [6, 6.07) is 0. The lowest BCUT2D eigenvalue weighted by Crippen LogP contribution is -2.38. The van der Waals surface area contributed by atoms with Crippen LogP contribution in [0.2, 0.25) is 0 Å². The van der Waals surface area contributed by atoms with Crippen molar-refractivity contribution in [3.8, 4) is 0 Å². The third-order valence-electron chi connectivity index (χ3n) is 3.36. The molecule has 0 unspecified atom stereocenters. The van der Waals surface area contributed by atoms with Gasteiger partial charge in [0.15, 0.2) is 0 Å². The predicted molar refractivity (Wildman–Crippen MR) is 82.7 cm³/mol. The SMILES string of the molecule is CC(C)(C)Cc1ncc(C(C)(C)C(=O)C(C)(C)C)cn1. The molecule has 20 heavy (non-hydrogen) atoms. The van der Waals surface area contributed by atoms with E-state index >= 15 is 0 Å². The molecule has 1 aromatic heterocycles. The molecule has 112 valence electrons. The topological polar surface area (TPSA) is 42.9 Å². The average molecular weight is 276 g/mol. The molecule has 0 atom stereocenters. The summed E-state index contributed by atoms with van der Waals surface area (Å²) < 4.78 is 0. The van der Waals surface area contributed by atoms with Crippen LogP contribution < -0.4 is 0 Å². The van der Waals surface area contributed by atoms with Crippen molar-refractivity contribution in [3.63, 3.8) is 0 Å². The van der Waals surface area contributed by atoms with Crippen LogP contribution in [-0.4, -0.2) is 15.8 Å². The van der Waals surface area contributed by atoms with Gasteiger partial charge < -0.3 is 0 Å². The lowest BCUT2D eigenvalue weighted by atomic mass is 9.71. The number of ketones is 1. The molecular weight excluding hydrogens is 248 g/mol. The summed E-state index contributed by atoms with van der Waals surface area (Å²) in [5, 5.41) is 0. The quantitative estimate of drug-likeness (QED) is 0.839. The average Bonchev–Trinajstić information content (AvgIpc) is 2.25. The van der Waals surface area contributed by atoms with Gasteiger partial charge in [-0.25, -0.2) is 9.97 Å². The Morgan fingerprint density at radius 1 is 0.950 bits per heavy atom.